The third kappa shape index (κ3) is 6.06. The largest absolute Gasteiger partial charge is 1.00 e. The number of carboxylic acid groups (broad SMARTS) is 1. The SMILES string of the molecule is O=C([O-])/C=C/C(=O)Oc1ccccc1.[Na+]. The molecule has 0 spiro atoms. The number of carboxylic acids is 1. The normalized spacial score (nSPS) is 9.33. The van der Waals surface area contributed by atoms with Crippen molar-refractivity contribution in [2.75, 3.05) is 0 Å². The molecule has 0 N–H and O–H groups in total. The molecule has 72 valence electrons. The predicted molar refractivity (Wildman–Crippen MR) is 46.2 cm³/mol. The minimum absolute atomic E-state index is 0. The molecular weight excluding hydrogens is 207 g/mol. The van der Waals surface area contributed by atoms with Crippen molar-refractivity contribution in [3.8, 4) is 5.75 Å². The van der Waals surface area contributed by atoms with E-state index < -0.39 is 11.9 Å². The molecule has 0 aliphatic carbocycles. The molecule has 0 aliphatic rings. The molecule has 0 saturated heterocycles. The Morgan fingerprint density at radius 1 is 1.13 bits per heavy atom. The molecule has 4 nitrogen and oxygen atoms in total. The van der Waals surface area contributed by atoms with E-state index in [2.05, 4.69) is 0 Å². The molecule has 0 unspecified atom stereocenters. The summed E-state index contributed by atoms with van der Waals surface area (Å²) < 4.78 is 4.75. The maximum absolute atomic E-state index is 10.9. The summed E-state index contributed by atoms with van der Waals surface area (Å²) in [5, 5.41) is 9.95. The summed E-state index contributed by atoms with van der Waals surface area (Å²) in [6.45, 7) is 0. The van der Waals surface area contributed by atoms with E-state index in [1.165, 1.54) is 0 Å². The summed E-state index contributed by atoms with van der Waals surface area (Å²) in [4.78, 5) is 20.9. The van der Waals surface area contributed by atoms with Gasteiger partial charge in [0.2, 0.25) is 0 Å². The van der Waals surface area contributed by atoms with Gasteiger partial charge in [-0.05, 0) is 18.2 Å². The van der Waals surface area contributed by atoms with Crippen LogP contribution in [0.2, 0.25) is 0 Å². The molecule has 0 atom stereocenters. The smallest absolute Gasteiger partial charge is 0.545 e. The number of carbonyl (C=O) groups excluding carboxylic acids is 2. The van der Waals surface area contributed by atoms with E-state index in [1.807, 2.05) is 0 Å². The number of aliphatic carboxylic acids is 1. The van der Waals surface area contributed by atoms with Gasteiger partial charge in [-0.2, -0.15) is 0 Å². The first-order valence-corrected chi connectivity index (χ1v) is 3.84. The van der Waals surface area contributed by atoms with Crippen LogP contribution in [0.25, 0.3) is 0 Å². The van der Waals surface area contributed by atoms with Crippen molar-refractivity contribution in [3.05, 3.63) is 42.5 Å². The molecule has 0 heterocycles. The first-order chi connectivity index (χ1) is 6.68. The Kier molecular flexibility index (Phi) is 6.70. The summed E-state index contributed by atoms with van der Waals surface area (Å²) in [6.07, 6.45) is 1.41. The third-order valence-electron chi connectivity index (χ3n) is 1.32. The topological polar surface area (TPSA) is 66.4 Å². The number of rotatable bonds is 3. The van der Waals surface area contributed by atoms with E-state index in [0.717, 1.165) is 6.08 Å². The van der Waals surface area contributed by atoms with Gasteiger partial charge in [-0.1, -0.05) is 18.2 Å². The van der Waals surface area contributed by atoms with Crippen LogP contribution >= 0.6 is 0 Å². The summed E-state index contributed by atoms with van der Waals surface area (Å²) >= 11 is 0. The minimum atomic E-state index is -1.44. The van der Waals surface area contributed by atoms with Crippen LogP contribution in [0, 0.1) is 0 Å². The van der Waals surface area contributed by atoms with E-state index in [-0.39, 0.29) is 29.6 Å². The molecule has 0 amide bonds. The van der Waals surface area contributed by atoms with Crippen LogP contribution in [-0.4, -0.2) is 11.9 Å². The van der Waals surface area contributed by atoms with Crippen LogP contribution < -0.4 is 39.4 Å². The van der Waals surface area contributed by atoms with E-state index >= 15 is 0 Å². The van der Waals surface area contributed by atoms with Gasteiger partial charge < -0.3 is 14.6 Å². The molecule has 1 rings (SSSR count). The van der Waals surface area contributed by atoms with Gasteiger partial charge in [0.25, 0.3) is 0 Å². The van der Waals surface area contributed by atoms with Gasteiger partial charge in [-0.15, -0.1) is 0 Å². The Labute approximate surface area is 109 Å². The maximum atomic E-state index is 10.9. The fraction of sp³-hybridized carbons (Fsp3) is 0. The number of hydrogen-bond donors (Lipinski definition) is 0. The zero-order valence-corrected chi connectivity index (χ0v) is 10.2. The van der Waals surface area contributed by atoms with Gasteiger partial charge >= 0.3 is 35.5 Å². The van der Waals surface area contributed by atoms with Crippen LogP contribution in [0.5, 0.6) is 5.75 Å². The average molecular weight is 214 g/mol. The first-order valence-electron chi connectivity index (χ1n) is 3.84. The predicted octanol–water partition coefficient (Wildman–Crippen LogP) is -3.10. The van der Waals surface area contributed by atoms with Crippen LogP contribution in [-0.2, 0) is 9.59 Å². The molecule has 0 bridgehead atoms. The second kappa shape index (κ2) is 7.23. The van der Waals surface area contributed by atoms with Gasteiger partial charge in [0.15, 0.2) is 0 Å². The molecule has 0 radical (unpaired) electrons. The first kappa shape index (κ1) is 13.9. The quantitative estimate of drug-likeness (QED) is 0.231. The van der Waals surface area contributed by atoms with Crippen molar-refractivity contribution < 1.29 is 49.0 Å². The number of benzene rings is 1. The molecule has 0 saturated carbocycles. The molecule has 0 aromatic heterocycles. The Morgan fingerprint density at radius 2 is 1.73 bits per heavy atom. The fourth-order valence-corrected chi connectivity index (χ4v) is 0.775. The van der Waals surface area contributed by atoms with E-state index in [1.54, 1.807) is 30.3 Å². The molecule has 0 fully saturated rings. The van der Waals surface area contributed by atoms with Crippen molar-refractivity contribution in [2.24, 2.45) is 0 Å². The van der Waals surface area contributed by atoms with Crippen molar-refractivity contribution in [2.45, 2.75) is 0 Å². The average Bonchev–Trinajstić information content (AvgIpc) is 2.16. The molecule has 1 aromatic carbocycles. The molecule has 5 heteroatoms. The second-order valence-corrected chi connectivity index (χ2v) is 2.39. The number of carbonyl (C=O) groups is 2. The number of ether oxygens (including phenoxy) is 1. The summed E-state index contributed by atoms with van der Waals surface area (Å²) in [5.41, 5.74) is 0. The van der Waals surface area contributed by atoms with Crippen LogP contribution in [0.1, 0.15) is 0 Å². The molecule has 1 aromatic rings. The second-order valence-electron chi connectivity index (χ2n) is 2.39. The number of esters is 1. The number of para-hydroxylation sites is 1. The Balaban J connectivity index is 0.00000196. The van der Waals surface area contributed by atoms with Gasteiger partial charge in [-0.3, -0.25) is 0 Å². The molecule has 0 aliphatic heterocycles. The van der Waals surface area contributed by atoms with Crippen LogP contribution in [0.15, 0.2) is 42.5 Å². The number of hydrogen-bond acceptors (Lipinski definition) is 4. The van der Waals surface area contributed by atoms with Gasteiger partial charge in [0, 0.05) is 6.08 Å². The van der Waals surface area contributed by atoms with E-state index in [0.29, 0.717) is 11.8 Å². The fourth-order valence-electron chi connectivity index (χ4n) is 0.775. The summed E-state index contributed by atoms with van der Waals surface area (Å²) in [7, 11) is 0. The standard InChI is InChI=1S/C10H8O4.Na/c11-9(12)6-7-10(13)14-8-4-2-1-3-5-8;/h1-7H,(H,11,12);/q;+1/p-1/b7-6+;. The third-order valence-corrected chi connectivity index (χ3v) is 1.32. The maximum Gasteiger partial charge on any atom is 1.00 e. The van der Waals surface area contributed by atoms with Gasteiger partial charge in [-0.25, -0.2) is 4.79 Å². The van der Waals surface area contributed by atoms with Crippen LogP contribution in [0.3, 0.4) is 0 Å². The summed E-state index contributed by atoms with van der Waals surface area (Å²) in [5.74, 6) is -1.82. The van der Waals surface area contributed by atoms with Crippen molar-refractivity contribution in [1.29, 1.82) is 0 Å². The Hall–Kier alpha value is -1.10. The summed E-state index contributed by atoms with van der Waals surface area (Å²) in [6, 6.07) is 8.35. The van der Waals surface area contributed by atoms with Crippen LogP contribution in [0.4, 0.5) is 0 Å². The van der Waals surface area contributed by atoms with Crippen molar-refractivity contribution in [1.82, 2.24) is 0 Å². The van der Waals surface area contributed by atoms with E-state index in [9.17, 15) is 14.7 Å². The zero-order valence-electron chi connectivity index (χ0n) is 8.17. The Bertz CT molecular complexity index is 359. The zero-order chi connectivity index (χ0) is 10.4. The van der Waals surface area contributed by atoms with Gasteiger partial charge in [0.1, 0.15) is 5.75 Å². The minimum Gasteiger partial charge on any atom is -0.545 e. The molecule has 15 heavy (non-hydrogen) atoms. The van der Waals surface area contributed by atoms with E-state index in [4.69, 9.17) is 4.74 Å². The monoisotopic (exact) mass is 214 g/mol. The van der Waals surface area contributed by atoms with Crippen molar-refractivity contribution >= 4 is 11.9 Å². The molecular formula is C10H7NaO4. The Morgan fingerprint density at radius 3 is 2.27 bits per heavy atom. The van der Waals surface area contributed by atoms with Gasteiger partial charge in [0.05, 0.1) is 5.97 Å². The van der Waals surface area contributed by atoms with Crippen molar-refractivity contribution in [3.63, 3.8) is 0 Å².